The third-order valence-electron chi connectivity index (χ3n) is 3.33. The van der Waals surface area contributed by atoms with E-state index in [-0.39, 0.29) is 0 Å². The highest BCUT2D eigenvalue weighted by Crippen LogP contribution is 2.28. The molecule has 0 bridgehead atoms. The van der Waals surface area contributed by atoms with Crippen molar-refractivity contribution >= 4 is 11.6 Å². The summed E-state index contributed by atoms with van der Waals surface area (Å²) in [7, 11) is 0. The first-order valence-electron chi connectivity index (χ1n) is 6.64. The Kier molecular flexibility index (Phi) is 4.69. The number of rotatable bonds is 4. The first kappa shape index (κ1) is 14.9. The number of aryl methyl sites for hydroxylation is 2. The molecule has 0 fully saturated rings. The Hall–Kier alpha value is -1.51. The molecule has 0 heterocycles. The number of aliphatic hydroxyl groups excluding tert-OH is 1. The Bertz CT molecular complexity index is 606. The van der Waals surface area contributed by atoms with Gasteiger partial charge in [0.25, 0.3) is 0 Å². The molecule has 20 heavy (non-hydrogen) atoms. The molecule has 0 aromatic heterocycles. The third-order valence-corrected chi connectivity index (χ3v) is 3.62. The highest BCUT2D eigenvalue weighted by Gasteiger charge is 2.07. The molecule has 0 aliphatic carbocycles. The Balaban J connectivity index is 2.13. The van der Waals surface area contributed by atoms with Crippen LogP contribution in [0.4, 0.5) is 0 Å². The molecule has 0 amide bonds. The van der Waals surface area contributed by atoms with Crippen molar-refractivity contribution in [2.75, 3.05) is 0 Å². The molecule has 106 valence electrons. The number of hydrogen-bond donors (Lipinski definition) is 1. The van der Waals surface area contributed by atoms with Crippen molar-refractivity contribution in [2.24, 2.45) is 0 Å². The summed E-state index contributed by atoms with van der Waals surface area (Å²) >= 11 is 6.17. The first-order chi connectivity index (χ1) is 9.47. The number of hydrogen-bond acceptors (Lipinski definition) is 2. The molecule has 1 N–H and O–H groups in total. The fourth-order valence-electron chi connectivity index (χ4n) is 2.01. The van der Waals surface area contributed by atoms with Crippen molar-refractivity contribution in [3.05, 3.63) is 63.7 Å². The zero-order valence-electron chi connectivity index (χ0n) is 12.0. The quantitative estimate of drug-likeness (QED) is 0.892. The lowest BCUT2D eigenvalue weighted by Gasteiger charge is -2.12. The van der Waals surface area contributed by atoms with E-state index in [0.29, 0.717) is 17.4 Å². The third kappa shape index (κ3) is 3.53. The Morgan fingerprint density at radius 3 is 2.55 bits per heavy atom. The first-order valence-corrected chi connectivity index (χ1v) is 7.01. The molecular formula is C17H19ClO2. The molecule has 0 aliphatic heterocycles. The topological polar surface area (TPSA) is 29.5 Å². The predicted molar refractivity (Wildman–Crippen MR) is 82.3 cm³/mol. The van der Waals surface area contributed by atoms with E-state index in [4.69, 9.17) is 16.3 Å². The Morgan fingerprint density at radius 2 is 1.90 bits per heavy atom. The minimum Gasteiger partial charge on any atom is -0.487 e. The SMILES string of the molecule is Cc1ccc(C)c(COc2ccc([C@@H](C)O)cc2Cl)c1. The van der Waals surface area contributed by atoms with Crippen LogP contribution in [0.1, 0.15) is 35.3 Å². The van der Waals surface area contributed by atoms with E-state index in [0.717, 1.165) is 11.1 Å². The summed E-state index contributed by atoms with van der Waals surface area (Å²) < 4.78 is 5.78. The fourth-order valence-corrected chi connectivity index (χ4v) is 2.25. The van der Waals surface area contributed by atoms with Crippen LogP contribution in [0, 0.1) is 13.8 Å². The summed E-state index contributed by atoms with van der Waals surface area (Å²) in [6.45, 7) is 6.33. The van der Waals surface area contributed by atoms with Crippen LogP contribution in [0.3, 0.4) is 0 Å². The molecule has 0 aliphatic rings. The highest BCUT2D eigenvalue weighted by atomic mass is 35.5. The second-order valence-electron chi connectivity index (χ2n) is 5.08. The van der Waals surface area contributed by atoms with Gasteiger partial charge in [-0.05, 0) is 49.6 Å². The lowest BCUT2D eigenvalue weighted by Crippen LogP contribution is -2.00. The van der Waals surface area contributed by atoms with E-state index in [1.165, 1.54) is 11.1 Å². The van der Waals surface area contributed by atoms with Crippen LogP contribution >= 0.6 is 11.6 Å². The van der Waals surface area contributed by atoms with Gasteiger partial charge >= 0.3 is 0 Å². The zero-order valence-corrected chi connectivity index (χ0v) is 12.7. The average Bonchev–Trinajstić information content (AvgIpc) is 2.40. The van der Waals surface area contributed by atoms with E-state index in [2.05, 4.69) is 32.0 Å². The summed E-state index contributed by atoms with van der Waals surface area (Å²) in [4.78, 5) is 0. The van der Waals surface area contributed by atoms with Crippen LogP contribution < -0.4 is 4.74 Å². The van der Waals surface area contributed by atoms with Crippen LogP contribution in [-0.4, -0.2) is 5.11 Å². The van der Waals surface area contributed by atoms with Gasteiger partial charge in [0.05, 0.1) is 11.1 Å². The number of ether oxygens (including phenoxy) is 1. The van der Waals surface area contributed by atoms with Crippen LogP contribution in [0.15, 0.2) is 36.4 Å². The average molecular weight is 291 g/mol. The van der Waals surface area contributed by atoms with Gasteiger partial charge in [-0.25, -0.2) is 0 Å². The van der Waals surface area contributed by atoms with Gasteiger partial charge in [0.15, 0.2) is 0 Å². The van der Waals surface area contributed by atoms with Crippen LogP contribution in [-0.2, 0) is 6.61 Å². The largest absolute Gasteiger partial charge is 0.487 e. The Labute approximate surface area is 125 Å². The number of halogens is 1. The summed E-state index contributed by atoms with van der Waals surface area (Å²) in [6, 6.07) is 11.7. The maximum Gasteiger partial charge on any atom is 0.138 e. The van der Waals surface area contributed by atoms with E-state index in [1.807, 2.05) is 6.07 Å². The van der Waals surface area contributed by atoms with Gasteiger partial charge in [0.1, 0.15) is 12.4 Å². The zero-order chi connectivity index (χ0) is 14.7. The molecule has 3 heteroatoms. The molecule has 2 aromatic rings. The summed E-state index contributed by atoms with van der Waals surface area (Å²) in [5, 5.41) is 10.0. The van der Waals surface area contributed by atoms with Crippen molar-refractivity contribution < 1.29 is 9.84 Å². The van der Waals surface area contributed by atoms with Gasteiger partial charge in [0.2, 0.25) is 0 Å². The van der Waals surface area contributed by atoms with Crippen LogP contribution in [0.5, 0.6) is 5.75 Å². The number of aliphatic hydroxyl groups is 1. The maximum absolute atomic E-state index is 9.51. The highest BCUT2D eigenvalue weighted by molar-refractivity contribution is 6.32. The normalized spacial score (nSPS) is 12.2. The fraction of sp³-hybridized carbons (Fsp3) is 0.294. The van der Waals surface area contributed by atoms with E-state index in [1.54, 1.807) is 19.1 Å². The van der Waals surface area contributed by atoms with Crippen molar-refractivity contribution in [1.82, 2.24) is 0 Å². The van der Waals surface area contributed by atoms with E-state index in [9.17, 15) is 5.11 Å². The lowest BCUT2D eigenvalue weighted by atomic mass is 10.1. The minimum absolute atomic E-state index is 0.487. The lowest BCUT2D eigenvalue weighted by molar-refractivity contribution is 0.199. The smallest absolute Gasteiger partial charge is 0.138 e. The molecule has 1 atom stereocenters. The Morgan fingerprint density at radius 1 is 1.15 bits per heavy atom. The molecule has 0 unspecified atom stereocenters. The molecule has 0 radical (unpaired) electrons. The summed E-state index contributed by atoms with van der Waals surface area (Å²) in [5.41, 5.74) is 4.35. The van der Waals surface area contributed by atoms with Crippen LogP contribution in [0.2, 0.25) is 5.02 Å². The molecule has 2 nitrogen and oxygen atoms in total. The summed E-state index contributed by atoms with van der Waals surface area (Å²) in [6.07, 6.45) is -0.527. The molecule has 0 saturated carbocycles. The van der Waals surface area contributed by atoms with Crippen LogP contribution in [0.25, 0.3) is 0 Å². The van der Waals surface area contributed by atoms with Gasteiger partial charge < -0.3 is 9.84 Å². The molecule has 0 spiro atoms. The van der Waals surface area contributed by atoms with Crippen molar-refractivity contribution in [3.63, 3.8) is 0 Å². The van der Waals surface area contributed by atoms with E-state index >= 15 is 0 Å². The molecular weight excluding hydrogens is 272 g/mol. The van der Waals surface area contributed by atoms with Gasteiger partial charge in [0, 0.05) is 0 Å². The minimum atomic E-state index is -0.527. The second-order valence-corrected chi connectivity index (χ2v) is 5.49. The van der Waals surface area contributed by atoms with Crippen molar-refractivity contribution in [3.8, 4) is 5.75 Å². The maximum atomic E-state index is 9.51. The molecule has 0 saturated heterocycles. The molecule has 2 aromatic carbocycles. The monoisotopic (exact) mass is 290 g/mol. The van der Waals surface area contributed by atoms with Gasteiger partial charge in [-0.15, -0.1) is 0 Å². The van der Waals surface area contributed by atoms with Gasteiger partial charge in [-0.2, -0.15) is 0 Å². The van der Waals surface area contributed by atoms with E-state index < -0.39 is 6.10 Å². The second kappa shape index (κ2) is 6.29. The van der Waals surface area contributed by atoms with Crippen molar-refractivity contribution in [1.29, 1.82) is 0 Å². The standard InChI is InChI=1S/C17H19ClO2/c1-11-4-5-12(2)15(8-11)10-20-17-7-6-14(13(3)19)9-16(17)18/h4-9,13,19H,10H2,1-3H3/t13-/m1/s1. The molecule has 2 rings (SSSR count). The predicted octanol–water partition coefficient (Wildman–Crippen LogP) is 4.59. The number of benzene rings is 2. The van der Waals surface area contributed by atoms with Crippen molar-refractivity contribution in [2.45, 2.75) is 33.5 Å². The summed E-state index contributed by atoms with van der Waals surface area (Å²) in [5.74, 6) is 0.636. The van der Waals surface area contributed by atoms with Gasteiger partial charge in [-0.1, -0.05) is 41.4 Å². The van der Waals surface area contributed by atoms with Gasteiger partial charge in [-0.3, -0.25) is 0 Å².